The molecule has 2 aromatic rings. The summed E-state index contributed by atoms with van der Waals surface area (Å²) in [5, 5.41) is 11.3. The number of pyridine rings is 1. The molecule has 0 radical (unpaired) electrons. The number of hydrogen-bond donors (Lipinski definition) is 0. The van der Waals surface area contributed by atoms with Gasteiger partial charge in [-0.15, -0.1) is 0 Å². The van der Waals surface area contributed by atoms with E-state index in [1.165, 1.54) is 12.1 Å². The molecule has 6 nitrogen and oxygen atoms in total. The fourth-order valence-electron chi connectivity index (χ4n) is 1.98. The molecule has 20 heavy (non-hydrogen) atoms. The maximum Gasteiger partial charge on any atom is 0.295 e. The topological polar surface area (TPSA) is 74.5 Å². The smallest absolute Gasteiger partial charge is 0.295 e. The molecule has 0 fully saturated rings. The van der Waals surface area contributed by atoms with Crippen LogP contribution in [0.2, 0.25) is 5.15 Å². The largest absolute Gasteiger partial charge is 0.486 e. The van der Waals surface area contributed by atoms with Crippen LogP contribution in [-0.4, -0.2) is 23.1 Å². The lowest BCUT2D eigenvalue weighted by molar-refractivity contribution is -0.384. The van der Waals surface area contributed by atoms with Crippen molar-refractivity contribution in [2.45, 2.75) is 0 Å². The predicted molar refractivity (Wildman–Crippen MR) is 72.3 cm³/mol. The van der Waals surface area contributed by atoms with Crippen LogP contribution in [0.25, 0.3) is 11.3 Å². The van der Waals surface area contributed by atoms with Crippen LogP contribution in [0.15, 0.2) is 30.3 Å². The summed E-state index contributed by atoms with van der Waals surface area (Å²) in [7, 11) is 0. The van der Waals surface area contributed by atoms with E-state index in [4.69, 9.17) is 21.1 Å². The van der Waals surface area contributed by atoms with Crippen LogP contribution >= 0.6 is 11.6 Å². The molecule has 0 bridgehead atoms. The van der Waals surface area contributed by atoms with Gasteiger partial charge in [0.25, 0.3) is 5.69 Å². The Hall–Kier alpha value is -2.34. The minimum atomic E-state index is -0.491. The number of ether oxygens (including phenoxy) is 2. The molecule has 0 saturated heterocycles. The first-order valence-electron chi connectivity index (χ1n) is 5.86. The molecular formula is C13H9ClN2O4. The summed E-state index contributed by atoms with van der Waals surface area (Å²) in [6.07, 6.45) is 0. The minimum Gasteiger partial charge on any atom is -0.486 e. The van der Waals surface area contributed by atoms with Gasteiger partial charge in [0, 0.05) is 11.6 Å². The zero-order valence-corrected chi connectivity index (χ0v) is 11.0. The summed E-state index contributed by atoms with van der Waals surface area (Å²) in [6.45, 7) is 0.934. The van der Waals surface area contributed by atoms with E-state index in [2.05, 4.69) is 4.98 Å². The quantitative estimate of drug-likeness (QED) is 0.483. The summed E-state index contributed by atoms with van der Waals surface area (Å²) in [5.74, 6) is 1.16. The standard InChI is InChI=1S/C13H9ClN2O4/c14-12-4-2-9(16(17)18)13(15-12)8-1-3-10-11(7-8)20-6-5-19-10/h1-4,7H,5-6H2. The molecular weight excluding hydrogens is 284 g/mol. The van der Waals surface area contributed by atoms with Gasteiger partial charge in [-0.3, -0.25) is 10.1 Å². The molecule has 1 aromatic carbocycles. The Morgan fingerprint density at radius 2 is 1.90 bits per heavy atom. The van der Waals surface area contributed by atoms with E-state index in [0.29, 0.717) is 30.3 Å². The Morgan fingerprint density at radius 1 is 1.15 bits per heavy atom. The van der Waals surface area contributed by atoms with Gasteiger partial charge in [-0.1, -0.05) is 11.6 Å². The lowest BCUT2D eigenvalue weighted by Gasteiger charge is -2.18. The Bertz CT molecular complexity index is 690. The highest BCUT2D eigenvalue weighted by atomic mass is 35.5. The van der Waals surface area contributed by atoms with Crippen molar-refractivity contribution in [3.05, 3.63) is 45.6 Å². The van der Waals surface area contributed by atoms with Crippen LogP contribution in [-0.2, 0) is 0 Å². The molecule has 2 heterocycles. The molecule has 7 heteroatoms. The Labute approximate surface area is 119 Å². The number of nitro groups is 1. The van der Waals surface area contributed by atoms with Crippen molar-refractivity contribution in [2.24, 2.45) is 0 Å². The summed E-state index contributed by atoms with van der Waals surface area (Å²) in [4.78, 5) is 14.6. The summed E-state index contributed by atoms with van der Waals surface area (Å²) < 4.78 is 10.9. The summed E-state index contributed by atoms with van der Waals surface area (Å²) in [5.41, 5.74) is 0.661. The third kappa shape index (κ3) is 2.25. The third-order valence-electron chi connectivity index (χ3n) is 2.85. The Morgan fingerprint density at radius 3 is 2.65 bits per heavy atom. The highest BCUT2D eigenvalue weighted by Crippen LogP contribution is 2.37. The average molecular weight is 293 g/mol. The van der Waals surface area contributed by atoms with Gasteiger partial charge < -0.3 is 9.47 Å². The van der Waals surface area contributed by atoms with Gasteiger partial charge in [-0.25, -0.2) is 4.98 Å². The normalized spacial score (nSPS) is 13.1. The van der Waals surface area contributed by atoms with E-state index in [1.54, 1.807) is 18.2 Å². The second kappa shape index (κ2) is 4.97. The van der Waals surface area contributed by atoms with Gasteiger partial charge in [0.05, 0.1) is 4.92 Å². The van der Waals surface area contributed by atoms with Crippen LogP contribution < -0.4 is 9.47 Å². The first kappa shape index (κ1) is 12.7. The lowest BCUT2D eigenvalue weighted by atomic mass is 10.1. The van der Waals surface area contributed by atoms with Crippen LogP contribution in [0.5, 0.6) is 11.5 Å². The molecule has 0 amide bonds. The van der Waals surface area contributed by atoms with Crippen molar-refractivity contribution in [3.8, 4) is 22.8 Å². The number of nitrogens with zero attached hydrogens (tertiary/aromatic N) is 2. The third-order valence-corrected chi connectivity index (χ3v) is 3.06. The molecule has 0 aliphatic carbocycles. The van der Waals surface area contributed by atoms with Gasteiger partial charge in [-0.05, 0) is 24.3 Å². The number of halogens is 1. The first-order valence-corrected chi connectivity index (χ1v) is 6.24. The fourth-order valence-corrected chi connectivity index (χ4v) is 2.13. The van der Waals surface area contributed by atoms with Crippen molar-refractivity contribution in [1.82, 2.24) is 4.98 Å². The Kier molecular flexibility index (Phi) is 3.15. The maximum absolute atomic E-state index is 11.1. The average Bonchev–Trinajstić information content (AvgIpc) is 2.46. The maximum atomic E-state index is 11.1. The van der Waals surface area contributed by atoms with Gasteiger partial charge in [0.15, 0.2) is 11.5 Å². The highest BCUT2D eigenvalue weighted by Gasteiger charge is 2.20. The Balaban J connectivity index is 2.13. The van der Waals surface area contributed by atoms with Gasteiger partial charge in [0.1, 0.15) is 24.1 Å². The number of rotatable bonds is 2. The van der Waals surface area contributed by atoms with E-state index in [-0.39, 0.29) is 16.5 Å². The van der Waals surface area contributed by atoms with E-state index >= 15 is 0 Å². The molecule has 0 unspecified atom stereocenters. The second-order valence-electron chi connectivity index (χ2n) is 4.12. The molecule has 102 valence electrons. The molecule has 0 spiro atoms. The predicted octanol–water partition coefficient (Wildman–Crippen LogP) is 3.08. The zero-order valence-electron chi connectivity index (χ0n) is 10.2. The minimum absolute atomic E-state index is 0.105. The second-order valence-corrected chi connectivity index (χ2v) is 4.50. The first-order chi connectivity index (χ1) is 9.65. The highest BCUT2D eigenvalue weighted by molar-refractivity contribution is 6.29. The lowest BCUT2D eigenvalue weighted by Crippen LogP contribution is -2.15. The number of hydrogen-bond acceptors (Lipinski definition) is 5. The van der Waals surface area contributed by atoms with Crippen molar-refractivity contribution >= 4 is 17.3 Å². The van der Waals surface area contributed by atoms with E-state index in [0.717, 1.165) is 0 Å². The van der Waals surface area contributed by atoms with Crippen molar-refractivity contribution in [1.29, 1.82) is 0 Å². The number of fused-ring (bicyclic) bond motifs is 1. The SMILES string of the molecule is O=[N+]([O-])c1ccc(Cl)nc1-c1ccc2c(c1)OCCO2. The molecule has 1 aliphatic heterocycles. The van der Waals surface area contributed by atoms with E-state index in [9.17, 15) is 10.1 Å². The molecule has 3 rings (SSSR count). The molecule has 1 aromatic heterocycles. The van der Waals surface area contributed by atoms with E-state index in [1.807, 2.05) is 0 Å². The van der Waals surface area contributed by atoms with E-state index < -0.39 is 4.92 Å². The number of aromatic nitrogens is 1. The monoisotopic (exact) mass is 292 g/mol. The van der Waals surface area contributed by atoms with Gasteiger partial charge >= 0.3 is 0 Å². The molecule has 0 atom stereocenters. The van der Waals surface area contributed by atoms with Gasteiger partial charge in [-0.2, -0.15) is 0 Å². The van der Waals surface area contributed by atoms with Crippen molar-refractivity contribution in [2.75, 3.05) is 13.2 Å². The van der Waals surface area contributed by atoms with Crippen LogP contribution in [0, 0.1) is 10.1 Å². The van der Waals surface area contributed by atoms with Crippen molar-refractivity contribution < 1.29 is 14.4 Å². The van der Waals surface area contributed by atoms with Crippen LogP contribution in [0.1, 0.15) is 0 Å². The van der Waals surface area contributed by atoms with Crippen LogP contribution in [0.3, 0.4) is 0 Å². The fraction of sp³-hybridized carbons (Fsp3) is 0.154. The summed E-state index contributed by atoms with van der Waals surface area (Å²) >= 11 is 5.83. The molecule has 0 N–H and O–H groups in total. The van der Waals surface area contributed by atoms with Crippen LogP contribution in [0.4, 0.5) is 5.69 Å². The molecule has 1 aliphatic rings. The molecule has 0 saturated carbocycles. The van der Waals surface area contributed by atoms with Crippen molar-refractivity contribution in [3.63, 3.8) is 0 Å². The van der Waals surface area contributed by atoms with Gasteiger partial charge in [0.2, 0.25) is 0 Å². The summed E-state index contributed by atoms with van der Waals surface area (Å²) in [6, 6.07) is 7.79. The number of benzene rings is 1. The zero-order chi connectivity index (χ0) is 14.1.